The van der Waals surface area contributed by atoms with Gasteiger partial charge in [-0.25, -0.2) is 4.39 Å². The summed E-state index contributed by atoms with van der Waals surface area (Å²) in [5, 5.41) is 0.171. The molecule has 0 bridgehead atoms. The Balaban J connectivity index is 1.21. The molecule has 1 aromatic rings. The molecule has 2 saturated heterocycles. The second kappa shape index (κ2) is 12.0. The summed E-state index contributed by atoms with van der Waals surface area (Å²) in [5.74, 6) is -1.20. The van der Waals surface area contributed by atoms with Gasteiger partial charge in [-0.05, 0) is 102 Å². The number of nitrogens with zero attached hydrogens (tertiary/aromatic N) is 1. The van der Waals surface area contributed by atoms with Crippen molar-refractivity contribution in [2.24, 2.45) is 23.5 Å². The number of Topliss-reactive ketones (excluding diaryl/α,β-unsaturated/α-hetero) is 1. The minimum absolute atomic E-state index is 0.00924. The van der Waals surface area contributed by atoms with Crippen molar-refractivity contribution in [3.8, 4) is 0 Å². The molecule has 7 nitrogen and oxygen atoms in total. The van der Waals surface area contributed by atoms with Crippen molar-refractivity contribution in [3.63, 3.8) is 0 Å². The van der Waals surface area contributed by atoms with Crippen molar-refractivity contribution in [3.05, 3.63) is 34.6 Å². The fraction of sp³-hybridized carbons (Fsp3) is 0.667. The van der Waals surface area contributed by atoms with E-state index >= 15 is 0 Å². The molecule has 1 amide bonds. The number of carbonyl (C=O) groups is 3. The molecule has 3 aliphatic rings. The molecular formula is C27H36ClFN2O5. The molecule has 9 heteroatoms. The zero-order chi connectivity index (χ0) is 25.7. The monoisotopic (exact) mass is 522 g/mol. The average molecular weight is 523 g/mol. The van der Waals surface area contributed by atoms with Crippen molar-refractivity contribution in [2.45, 2.75) is 63.4 Å². The SMILES string of the molecule is NC(=O)C1(OC(=O)C2CCOCC2)CCC(CCN2CCC(C(=O)c3ccc(F)cc3Cl)CC2)CC1. The summed E-state index contributed by atoms with van der Waals surface area (Å²) in [6.45, 7) is 3.66. The molecule has 198 valence electrons. The maximum atomic E-state index is 13.3. The highest BCUT2D eigenvalue weighted by Gasteiger charge is 2.45. The number of primary amides is 1. The third kappa shape index (κ3) is 6.45. The number of piperidine rings is 1. The van der Waals surface area contributed by atoms with Crippen LogP contribution in [0.3, 0.4) is 0 Å². The fourth-order valence-electron chi connectivity index (χ4n) is 5.73. The average Bonchev–Trinajstić information content (AvgIpc) is 2.88. The first-order valence-electron chi connectivity index (χ1n) is 13.1. The zero-order valence-electron chi connectivity index (χ0n) is 20.7. The first-order chi connectivity index (χ1) is 17.3. The quantitative estimate of drug-likeness (QED) is 0.407. The van der Waals surface area contributed by atoms with E-state index in [2.05, 4.69) is 4.90 Å². The largest absolute Gasteiger partial charge is 0.449 e. The number of nitrogens with two attached hydrogens (primary N) is 1. The van der Waals surface area contributed by atoms with Crippen molar-refractivity contribution in [2.75, 3.05) is 32.8 Å². The Morgan fingerprint density at radius 1 is 1.06 bits per heavy atom. The number of esters is 1. The molecule has 2 heterocycles. The lowest BCUT2D eigenvalue weighted by atomic mass is 9.76. The first kappa shape index (κ1) is 27.0. The molecule has 1 saturated carbocycles. The van der Waals surface area contributed by atoms with E-state index in [-0.39, 0.29) is 28.6 Å². The predicted molar refractivity (Wildman–Crippen MR) is 133 cm³/mol. The van der Waals surface area contributed by atoms with Crippen molar-refractivity contribution in [1.29, 1.82) is 0 Å². The van der Waals surface area contributed by atoms with Gasteiger partial charge in [-0.1, -0.05) is 11.6 Å². The molecule has 0 spiro atoms. The predicted octanol–water partition coefficient (Wildman–Crippen LogP) is 4.15. The van der Waals surface area contributed by atoms with E-state index in [4.69, 9.17) is 26.8 Å². The van der Waals surface area contributed by atoms with Crippen LogP contribution in [0.4, 0.5) is 4.39 Å². The highest BCUT2D eigenvalue weighted by Crippen LogP contribution is 2.38. The van der Waals surface area contributed by atoms with Gasteiger partial charge in [-0.15, -0.1) is 0 Å². The summed E-state index contributed by atoms with van der Waals surface area (Å²) in [7, 11) is 0. The first-order valence-corrected chi connectivity index (χ1v) is 13.5. The molecule has 4 rings (SSSR count). The van der Waals surface area contributed by atoms with E-state index in [1.807, 2.05) is 0 Å². The number of ketones is 1. The molecule has 1 aromatic carbocycles. The summed E-state index contributed by atoms with van der Waals surface area (Å²) in [5.41, 5.74) is 4.92. The van der Waals surface area contributed by atoms with E-state index in [0.29, 0.717) is 50.4 Å². The number of likely N-dealkylation sites (tertiary alicyclic amines) is 1. The van der Waals surface area contributed by atoms with Crippen LogP contribution in [-0.4, -0.2) is 61.0 Å². The van der Waals surface area contributed by atoms with Crippen LogP contribution in [0.1, 0.15) is 68.1 Å². The molecule has 1 aliphatic carbocycles. The van der Waals surface area contributed by atoms with Crippen molar-refractivity contribution in [1.82, 2.24) is 4.90 Å². The summed E-state index contributed by atoms with van der Waals surface area (Å²) in [6.07, 6.45) is 6.27. The lowest BCUT2D eigenvalue weighted by Crippen LogP contribution is -2.51. The van der Waals surface area contributed by atoms with E-state index in [1.54, 1.807) is 0 Å². The van der Waals surface area contributed by atoms with Gasteiger partial charge in [0.25, 0.3) is 5.91 Å². The summed E-state index contributed by atoms with van der Waals surface area (Å²) in [4.78, 5) is 40.1. The summed E-state index contributed by atoms with van der Waals surface area (Å²) >= 11 is 6.08. The van der Waals surface area contributed by atoms with Crippen LogP contribution in [0.25, 0.3) is 0 Å². The third-order valence-electron chi connectivity index (χ3n) is 8.22. The van der Waals surface area contributed by atoms with Crippen LogP contribution < -0.4 is 5.73 Å². The van der Waals surface area contributed by atoms with Crippen LogP contribution in [0, 0.1) is 23.6 Å². The van der Waals surface area contributed by atoms with Crippen LogP contribution in [-0.2, 0) is 19.1 Å². The third-order valence-corrected chi connectivity index (χ3v) is 8.53. The van der Waals surface area contributed by atoms with E-state index in [1.165, 1.54) is 18.2 Å². The lowest BCUT2D eigenvalue weighted by molar-refractivity contribution is -0.178. The minimum Gasteiger partial charge on any atom is -0.449 e. The number of rotatable bonds is 8. The van der Waals surface area contributed by atoms with Gasteiger partial charge in [0.2, 0.25) is 0 Å². The van der Waals surface area contributed by atoms with Crippen LogP contribution in [0.5, 0.6) is 0 Å². The van der Waals surface area contributed by atoms with Crippen LogP contribution in [0.2, 0.25) is 5.02 Å². The van der Waals surface area contributed by atoms with E-state index in [9.17, 15) is 18.8 Å². The van der Waals surface area contributed by atoms with E-state index in [0.717, 1.165) is 51.7 Å². The Labute approximate surface area is 216 Å². The van der Waals surface area contributed by atoms with Crippen LogP contribution in [0.15, 0.2) is 18.2 Å². The highest BCUT2D eigenvalue weighted by atomic mass is 35.5. The number of carbonyl (C=O) groups excluding carboxylic acids is 3. The smallest absolute Gasteiger partial charge is 0.310 e. The molecule has 3 fully saturated rings. The molecule has 0 radical (unpaired) electrons. The Bertz CT molecular complexity index is 951. The van der Waals surface area contributed by atoms with Crippen molar-refractivity contribution < 1.29 is 28.2 Å². The molecule has 2 N–H and O–H groups in total. The maximum Gasteiger partial charge on any atom is 0.310 e. The molecule has 0 unspecified atom stereocenters. The Morgan fingerprint density at radius 2 is 1.72 bits per heavy atom. The minimum atomic E-state index is -1.19. The van der Waals surface area contributed by atoms with Gasteiger partial charge in [0, 0.05) is 24.7 Å². The van der Waals surface area contributed by atoms with Gasteiger partial charge in [0.05, 0.1) is 10.9 Å². The highest BCUT2D eigenvalue weighted by molar-refractivity contribution is 6.34. The Hall–Kier alpha value is -2.03. The molecule has 36 heavy (non-hydrogen) atoms. The number of ether oxygens (including phenoxy) is 2. The molecular weight excluding hydrogens is 487 g/mol. The number of hydrogen-bond donors (Lipinski definition) is 1. The Morgan fingerprint density at radius 3 is 2.33 bits per heavy atom. The summed E-state index contributed by atoms with van der Waals surface area (Å²) < 4.78 is 24.4. The number of hydrogen-bond acceptors (Lipinski definition) is 6. The van der Waals surface area contributed by atoms with Crippen molar-refractivity contribution >= 4 is 29.3 Å². The van der Waals surface area contributed by atoms with E-state index < -0.39 is 17.3 Å². The number of halogens is 2. The van der Waals surface area contributed by atoms with Gasteiger partial charge in [-0.3, -0.25) is 14.4 Å². The number of benzene rings is 1. The molecule has 0 atom stereocenters. The summed E-state index contributed by atoms with van der Waals surface area (Å²) in [6, 6.07) is 3.94. The lowest BCUT2D eigenvalue weighted by Gasteiger charge is -2.39. The molecule has 2 aliphatic heterocycles. The van der Waals surface area contributed by atoms with Gasteiger partial charge < -0.3 is 20.1 Å². The second-order valence-electron chi connectivity index (χ2n) is 10.5. The fourth-order valence-corrected chi connectivity index (χ4v) is 5.99. The molecule has 0 aromatic heterocycles. The second-order valence-corrected chi connectivity index (χ2v) is 10.9. The maximum absolute atomic E-state index is 13.3. The number of amides is 1. The zero-order valence-corrected chi connectivity index (χ0v) is 21.4. The van der Waals surface area contributed by atoms with Gasteiger partial charge in [-0.2, -0.15) is 0 Å². The normalized spacial score (nSPS) is 26.4. The van der Waals surface area contributed by atoms with Gasteiger partial charge >= 0.3 is 5.97 Å². The Kier molecular flexibility index (Phi) is 9.01. The standard InChI is InChI=1S/C27H36ClFN2O5/c28-23-17-21(29)1-2-22(23)24(32)19-6-13-31(14-7-19)12-5-18-3-10-27(11-4-18,26(30)34)36-25(33)20-8-15-35-16-9-20/h1-2,17-20H,3-16H2,(H2,30,34). The topological polar surface area (TPSA) is 98.9 Å². The van der Waals surface area contributed by atoms with Gasteiger partial charge in [0.15, 0.2) is 11.4 Å². The van der Waals surface area contributed by atoms with Gasteiger partial charge in [0.1, 0.15) is 5.82 Å². The van der Waals surface area contributed by atoms with Crippen LogP contribution >= 0.6 is 11.6 Å².